The maximum atomic E-state index is 12.0. The molecule has 3 heteroatoms. The highest BCUT2D eigenvalue weighted by atomic mass is 19.1. The van der Waals surface area contributed by atoms with E-state index in [0.717, 1.165) is 12.8 Å². The van der Waals surface area contributed by atoms with E-state index in [2.05, 4.69) is 5.32 Å². The van der Waals surface area contributed by atoms with Crippen molar-refractivity contribution in [1.29, 1.82) is 0 Å². The van der Waals surface area contributed by atoms with Gasteiger partial charge in [-0.1, -0.05) is 0 Å². The molecule has 1 heterocycles. The number of halogens is 1. The molecule has 1 N–H and O–H groups in total. The van der Waals surface area contributed by atoms with Gasteiger partial charge in [0.05, 0.1) is 18.1 Å². The molecule has 2 fully saturated rings. The van der Waals surface area contributed by atoms with Gasteiger partial charge in [-0.25, -0.2) is 0 Å². The van der Waals surface area contributed by atoms with Crippen molar-refractivity contribution < 1.29 is 9.18 Å². The zero-order valence-electron chi connectivity index (χ0n) is 6.40. The van der Waals surface area contributed by atoms with Gasteiger partial charge >= 0.3 is 0 Å². The SMILES string of the molecule is O=C1NC2(CCC2)C1CCF. The summed E-state index contributed by atoms with van der Waals surface area (Å²) in [4.78, 5) is 11.0. The minimum atomic E-state index is -0.361. The van der Waals surface area contributed by atoms with Gasteiger partial charge < -0.3 is 5.32 Å². The van der Waals surface area contributed by atoms with Crippen LogP contribution in [-0.2, 0) is 4.79 Å². The van der Waals surface area contributed by atoms with Crippen molar-refractivity contribution in [2.24, 2.45) is 5.92 Å². The third-order valence-electron chi connectivity index (χ3n) is 3.00. The number of rotatable bonds is 2. The van der Waals surface area contributed by atoms with Crippen LogP contribution in [0.5, 0.6) is 0 Å². The molecule has 2 nitrogen and oxygen atoms in total. The quantitative estimate of drug-likeness (QED) is 0.595. The van der Waals surface area contributed by atoms with E-state index in [9.17, 15) is 9.18 Å². The van der Waals surface area contributed by atoms with Gasteiger partial charge in [-0.05, 0) is 25.7 Å². The van der Waals surface area contributed by atoms with Crippen LogP contribution in [0.15, 0.2) is 0 Å². The molecule has 1 unspecified atom stereocenters. The first-order valence-electron chi connectivity index (χ1n) is 4.16. The molecule has 1 saturated carbocycles. The summed E-state index contributed by atoms with van der Waals surface area (Å²) in [5, 5.41) is 2.88. The lowest BCUT2D eigenvalue weighted by molar-refractivity contribution is -0.148. The Hall–Kier alpha value is -0.600. The topological polar surface area (TPSA) is 29.1 Å². The second-order valence-electron chi connectivity index (χ2n) is 3.53. The van der Waals surface area contributed by atoms with Gasteiger partial charge in [0.25, 0.3) is 0 Å². The van der Waals surface area contributed by atoms with Crippen molar-refractivity contribution in [2.75, 3.05) is 6.67 Å². The Kier molecular flexibility index (Phi) is 1.41. The molecular weight excluding hydrogens is 145 g/mol. The van der Waals surface area contributed by atoms with Gasteiger partial charge in [0.2, 0.25) is 5.91 Å². The van der Waals surface area contributed by atoms with Crippen molar-refractivity contribution in [3.8, 4) is 0 Å². The first kappa shape index (κ1) is 7.07. The summed E-state index contributed by atoms with van der Waals surface area (Å²) in [6.45, 7) is -0.361. The molecule has 1 aliphatic heterocycles. The molecule has 0 bridgehead atoms. The zero-order chi connectivity index (χ0) is 7.90. The van der Waals surface area contributed by atoms with Crippen molar-refractivity contribution in [3.63, 3.8) is 0 Å². The smallest absolute Gasteiger partial charge is 0.226 e. The molecule has 2 rings (SSSR count). The standard InChI is InChI=1S/C8H12FNO/c9-5-2-6-7(11)10-8(6)3-1-4-8/h6H,1-5H2,(H,10,11). The molecule has 1 aliphatic carbocycles. The van der Waals surface area contributed by atoms with Crippen LogP contribution in [0.3, 0.4) is 0 Å². The highest BCUT2D eigenvalue weighted by Gasteiger charge is 2.55. The maximum Gasteiger partial charge on any atom is 0.226 e. The van der Waals surface area contributed by atoms with E-state index in [4.69, 9.17) is 0 Å². The Morgan fingerprint density at radius 2 is 2.36 bits per heavy atom. The third kappa shape index (κ3) is 0.798. The van der Waals surface area contributed by atoms with Crippen LogP contribution in [0.1, 0.15) is 25.7 Å². The molecule has 1 atom stereocenters. The number of hydrogen-bond donors (Lipinski definition) is 1. The van der Waals surface area contributed by atoms with E-state index in [1.54, 1.807) is 0 Å². The first-order valence-corrected chi connectivity index (χ1v) is 4.16. The van der Waals surface area contributed by atoms with E-state index in [0.29, 0.717) is 6.42 Å². The predicted molar refractivity (Wildman–Crippen MR) is 38.8 cm³/mol. The molecule has 1 amide bonds. The highest BCUT2D eigenvalue weighted by molar-refractivity contribution is 5.88. The highest BCUT2D eigenvalue weighted by Crippen LogP contribution is 2.45. The molecule has 11 heavy (non-hydrogen) atoms. The molecule has 1 spiro atoms. The summed E-state index contributed by atoms with van der Waals surface area (Å²) >= 11 is 0. The minimum absolute atomic E-state index is 0.0127. The first-order chi connectivity index (χ1) is 5.28. The average Bonchev–Trinajstić information content (AvgIpc) is 1.91. The summed E-state index contributed by atoms with van der Waals surface area (Å²) in [7, 11) is 0. The second-order valence-corrected chi connectivity index (χ2v) is 3.53. The normalized spacial score (nSPS) is 32.5. The fourth-order valence-electron chi connectivity index (χ4n) is 2.14. The van der Waals surface area contributed by atoms with Crippen LogP contribution in [0.2, 0.25) is 0 Å². The number of nitrogens with one attached hydrogen (secondary N) is 1. The summed E-state index contributed by atoms with van der Waals surface area (Å²) in [5.41, 5.74) is 0.0448. The van der Waals surface area contributed by atoms with Crippen LogP contribution in [0, 0.1) is 5.92 Å². The zero-order valence-corrected chi connectivity index (χ0v) is 6.40. The lowest BCUT2D eigenvalue weighted by Crippen LogP contribution is -2.72. The molecule has 0 aromatic carbocycles. The fourth-order valence-corrected chi connectivity index (χ4v) is 2.14. The van der Waals surface area contributed by atoms with E-state index < -0.39 is 0 Å². The summed E-state index contributed by atoms with van der Waals surface area (Å²) < 4.78 is 12.0. The van der Waals surface area contributed by atoms with Gasteiger partial charge in [-0.15, -0.1) is 0 Å². The number of alkyl halides is 1. The minimum Gasteiger partial charge on any atom is -0.350 e. The van der Waals surface area contributed by atoms with E-state index in [-0.39, 0.29) is 24.0 Å². The van der Waals surface area contributed by atoms with Crippen LogP contribution in [0.4, 0.5) is 4.39 Å². The number of β-lactam (4-membered cyclic amide) rings is 1. The Balaban J connectivity index is 1.98. The van der Waals surface area contributed by atoms with Crippen LogP contribution in [-0.4, -0.2) is 18.1 Å². The Labute approximate surface area is 65.2 Å². The maximum absolute atomic E-state index is 12.0. The Bertz CT molecular complexity index is 189. The summed E-state index contributed by atoms with van der Waals surface area (Å²) in [5.74, 6) is 0.0450. The van der Waals surface area contributed by atoms with Gasteiger partial charge in [0, 0.05) is 0 Å². The van der Waals surface area contributed by atoms with Crippen molar-refractivity contribution >= 4 is 5.91 Å². The number of carbonyl (C=O) groups is 1. The summed E-state index contributed by atoms with van der Waals surface area (Å²) in [6.07, 6.45) is 3.72. The number of carbonyl (C=O) groups excluding carboxylic acids is 1. The van der Waals surface area contributed by atoms with Crippen LogP contribution >= 0.6 is 0 Å². The monoisotopic (exact) mass is 157 g/mol. The number of hydrogen-bond acceptors (Lipinski definition) is 1. The fraction of sp³-hybridized carbons (Fsp3) is 0.875. The third-order valence-corrected chi connectivity index (χ3v) is 3.00. The van der Waals surface area contributed by atoms with Crippen molar-refractivity contribution in [3.05, 3.63) is 0 Å². The number of amides is 1. The average molecular weight is 157 g/mol. The molecule has 1 saturated heterocycles. The van der Waals surface area contributed by atoms with Crippen LogP contribution < -0.4 is 5.32 Å². The molecular formula is C8H12FNO. The summed E-state index contributed by atoms with van der Waals surface area (Å²) in [6, 6.07) is 0. The largest absolute Gasteiger partial charge is 0.350 e. The van der Waals surface area contributed by atoms with Gasteiger partial charge in [-0.3, -0.25) is 9.18 Å². The molecule has 0 radical (unpaired) electrons. The van der Waals surface area contributed by atoms with E-state index in [1.807, 2.05) is 0 Å². The Morgan fingerprint density at radius 3 is 2.73 bits per heavy atom. The van der Waals surface area contributed by atoms with E-state index >= 15 is 0 Å². The molecule has 0 aromatic heterocycles. The van der Waals surface area contributed by atoms with Gasteiger partial charge in [0.15, 0.2) is 0 Å². The molecule has 2 aliphatic rings. The van der Waals surface area contributed by atoms with E-state index in [1.165, 1.54) is 6.42 Å². The predicted octanol–water partition coefficient (Wildman–Crippen LogP) is 1.01. The van der Waals surface area contributed by atoms with Crippen molar-refractivity contribution in [2.45, 2.75) is 31.2 Å². The second kappa shape index (κ2) is 2.19. The van der Waals surface area contributed by atoms with Gasteiger partial charge in [0.1, 0.15) is 0 Å². The van der Waals surface area contributed by atoms with Crippen molar-refractivity contribution in [1.82, 2.24) is 5.32 Å². The van der Waals surface area contributed by atoms with Crippen LogP contribution in [0.25, 0.3) is 0 Å². The Morgan fingerprint density at radius 1 is 1.64 bits per heavy atom. The lowest BCUT2D eigenvalue weighted by Gasteiger charge is -2.55. The lowest BCUT2D eigenvalue weighted by atomic mass is 9.61. The van der Waals surface area contributed by atoms with Gasteiger partial charge in [-0.2, -0.15) is 0 Å². The molecule has 62 valence electrons. The molecule has 0 aromatic rings.